The number of hydrogen-bond donors (Lipinski definition) is 1. The third-order valence-corrected chi connectivity index (χ3v) is 4.83. The molecule has 1 N–H and O–H groups in total. The lowest BCUT2D eigenvalue weighted by molar-refractivity contribution is -0.141. The predicted molar refractivity (Wildman–Crippen MR) is 99.1 cm³/mol. The van der Waals surface area contributed by atoms with Gasteiger partial charge in [0.2, 0.25) is 0 Å². The highest BCUT2D eigenvalue weighted by atomic mass is 16.6. The summed E-state index contributed by atoms with van der Waals surface area (Å²) in [4.78, 5) is 11.4. The molecule has 0 aromatic carbocycles. The molecule has 2 atom stereocenters. The summed E-state index contributed by atoms with van der Waals surface area (Å²) >= 11 is 0. The maximum Gasteiger partial charge on any atom is 0.334 e. The topological polar surface area (TPSA) is 55.8 Å². The Balaban J connectivity index is 1.98. The summed E-state index contributed by atoms with van der Waals surface area (Å²) in [7, 11) is 0. The van der Waals surface area contributed by atoms with E-state index < -0.39 is 0 Å². The van der Waals surface area contributed by atoms with Gasteiger partial charge >= 0.3 is 5.97 Å². The Kier molecular flexibility index (Phi) is 6.82. The van der Waals surface area contributed by atoms with Gasteiger partial charge in [-0.3, -0.25) is 0 Å². The van der Waals surface area contributed by atoms with E-state index in [9.17, 15) is 9.90 Å². The van der Waals surface area contributed by atoms with E-state index in [2.05, 4.69) is 13.2 Å². The van der Waals surface area contributed by atoms with E-state index in [4.69, 9.17) is 9.47 Å². The molecule has 2 rings (SSSR count). The quantitative estimate of drug-likeness (QED) is 0.497. The average Bonchev–Trinajstić information content (AvgIpc) is 3.14. The molecule has 0 fully saturated rings. The van der Waals surface area contributed by atoms with Crippen molar-refractivity contribution in [1.82, 2.24) is 0 Å². The summed E-state index contributed by atoms with van der Waals surface area (Å²) < 4.78 is 11.0. The number of hydrogen-bond acceptors (Lipinski definition) is 4. The minimum atomic E-state index is -0.334. The summed E-state index contributed by atoms with van der Waals surface area (Å²) in [6.45, 7) is 12.2. The lowest BCUT2D eigenvalue weighted by Gasteiger charge is -2.24. The van der Waals surface area contributed by atoms with Crippen LogP contribution in [0.4, 0.5) is 0 Å². The van der Waals surface area contributed by atoms with Crippen molar-refractivity contribution in [2.75, 3.05) is 13.2 Å². The van der Waals surface area contributed by atoms with Crippen LogP contribution in [0, 0.1) is 11.8 Å². The van der Waals surface area contributed by atoms with E-state index in [1.54, 1.807) is 13.0 Å². The summed E-state index contributed by atoms with van der Waals surface area (Å²) in [5.41, 5.74) is 3.00. The van der Waals surface area contributed by atoms with Gasteiger partial charge in [0.25, 0.3) is 0 Å². The van der Waals surface area contributed by atoms with Crippen LogP contribution in [-0.2, 0) is 14.3 Å². The van der Waals surface area contributed by atoms with Crippen molar-refractivity contribution in [1.29, 1.82) is 0 Å². The number of esters is 1. The first-order chi connectivity index (χ1) is 12.0. The van der Waals surface area contributed by atoms with Crippen LogP contribution in [0.5, 0.6) is 0 Å². The lowest BCUT2D eigenvalue weighted by Crippen LogP contribution is -2.24. The monoisotopic (exact) mass is 344 g/mol. The van der Waals surface area contributed by atoms with Crippen molar-refractivity contribution in [2.24, 2.45) is 11.8 Å². The molecule has 1 heterocycles. The van der Waals surface area contributed by atoms with Crippen LogP contribution in [0.25, 0.3) is 0 Å². The molecule has 0 radical (unpaired) electrons. The van der Waals surface area contributed by atoms with Crippen molar-refractivity contribution >= 4 is 5.97 Å². The Morgan fingerprint density at radius 3 is 2.52 bits per heavy atom. The summed E-state index contributed by atoms with van der Waals surface area (Å²) in [5, 5.41) is 10.5. The van der Waals surface area contributed by atoms with Gasteiger partial charge in [-0.1, -0.05) is 32.2 Å². The smallest absolute Gasteiger partial charge is 0.334 e. The van der Waals surface area contributed by atoms with Crippen LogP contribution in [-0.4, -0.2) is 30.4 Å². The van der Waals surface area contributed by atoms with E-state index in [1.165, 1.54) is 11.1 Å². The molecule has 0 bridgehead atoms. The van der Waals surface area contributed by atoms with Gasteiger partial charge in [-0.2, -0.15) is 0 Å². The van der Waals surface area contributed by atoms with E-state index >= 15 is 0 Å². The molecule has 0 saturated heterocycles. The Morgan fingerprint density at radius 2 is 2.04 bits per heavy atom. The number of cyclic esters (lactones) is 1. The van der Waals surface area contributed by atoms with Crippen molar-refractivity contribution in [2.45, 2.75) is 39.2 Å². The van der Waals surface area contributed by atoms with E-state index in [0.717, 1.165) is 19.3 Å². The number of allylic oxidation sites excluding steroid dienone is 5. The lowest BCUT2D eigenvalue weighted by atomic mass is 9.87. The SMILES string of the molecule is C=CC1=C(C=C)CC([C@@H](COCC2C=C(C)C(=O)O2)/C(O)=C/CC)C1. The molecule has 0 amide bonds. The highest BCUT2D eigenvalue weighted by Gasteiger charge is 2.31. The first-order valence-electron chi connectivity index (χ1n) is 8.83. The zero-order valence-electron chi connectivity index (χ0n) is 15.2. The highest BCUT2D eigenvalue weighted by Crippen LogP contribution is 2.39. The second-order valence-electron chi connectivity index (χ2n) is 6.60. The summed E-state index contributed by atoms with van der Waals surface area (Å²) in [6.07, 6.45) is 9.53. The van der Waals surface area contributed by atoms with Gasteiger partial charge in [0, 0.05) is 11.5 Å². The normalized spacial score (nSPS) is 22.8. The van der Waals surface area contributed by atoms with E-state index in [-0.39, 0.29) is 23.9 Å². The average molecular weight is 344 g/mol. The fourth-order valence-corrected chi connectivity index (χ4v) is 3.44. The first kappa shape index (κ1) is 19.3. The van der Waals surface area contributed by atoms with Crippen LogP contribution in [0.15, 0.2) is 59.9 Å². The molecule has 25 heavy (non-hydrogen) atoms. The van der Waals surface area contributed by atoms with Gasteiger partial charge < -0.3 is 14.6 Å². The van der Waals surface area contributed by atoms with Gasteiger partial charge in [0.05, 0.1) is 19.0 Å². The van der Waals surface area contributed by atoms with Crippen molar-refractivity contribution in [3.63, 3.8) is 0 Å². The molecule has 0 saturated carbocycles. The Labute approximate surface area is 150 Å². The van der Waals surface area contributed by atoms with Gasteiger partial charge in [-0.05, 0) is 55.4 Å². The van der Waals surface area contributed by atoms with Crippen molar-refractivity contribution in [3.05, 3.63) is 59.9 Å². The fourth-order valence-electron chi connectivity index (χ4n) is 3.44. The van der Waals surface area contributed by atoms with Crippen LogP contribution < -0.4 is 0 Å². The Morgan fingerprint density at radius 1 is 1.40 bits per heavy atom. The highest BCUT2D eigenvalue weighted by molar-refractivity contribution is 5.90. The fraction of sp³-hybridized carbons (Fsp3) is 0.476. The molecule has 4 heteroatoms. The van der Waals surface area contributed by atoms with Crippen LogP contribution >= 0.6 is 0 Å². The minimum absolute atomic E-state index is 0.0884. The van der Waals surface area contributed by atoms with Gasteiger partial charge in [-0.15, -0.1) is 0 Å². The molecule has 0 aromatic heterocycles. The van der Waals surface area contributed by atoms with Crippen LogP contribution in [0.2, 0.25) is 0 Å². The molecule has 4 nitrogen and oxygen atoms in total. The van der Waals surface area contributed by atoms with Gasteiger partial charge in [0.15, 0.2) is 0 Å². The second kappa shape index (κ2) is 8.86. The number of carbonyl (C=O) groups excluding carboxylic acids is 1. The molecule has 1 aliphatic heterocycles. The molecule has 1 unspecified atom stereocenters. The van der Waals surface area contributed by atoms with E-state index in [0.29, 0.717) is 24.5 Å². The maximum atomic E-state index is 11.4. The number of aliphatic hydroxyl groups is 1. The summed E-state index contributed by atoms with van der Waals surface area (Å²) in [5.74, 6) is 0.253. The predicted octanol–water partition coefficient (Wildman–Crippen LogP) is 4.42. The third kappa shape index (κ3) is 4.73. The zero-order chi connectivity index (χ0) is 18.4. The number of ether oxygens (including phenoxy) is 2. The molecule has 136 valence electrons. The first-order valence-corrected chi connectivity index (χ1v) is 8.83. The minimum Gasteiger partial charge on any atom is -0.512 e. The van der Waals surface area contributed by atoms with Crippen LogP contribution in [0.1, 0.15) is 33.1 Å². The Bertz CT molecular complexity index is 604. The molecular formula is C21H28O4. The zero-order valence-corrected chi connectivity index (χ0v) is 15.2. The van der Waals surface area contributed by atoms with Crippen molar-refractivity contribution in [3.8, 4) is 0 Å². The summed E-state index contributed by atoms with van der Waals surface area (Å²) in [6, 6.07) is 0. The Hall–Kier alpha value is -2.07. The largest absolute Gasteiger partial charge is 0.512 e. The molecular weight excluding hydrogens is 316 g/mol. The number of aliphatic hydroxyl groups excluding tert-OH is 1. The molecule has 1 aliphatic carbocycles. The standard InChI is InChI=1S/C21H28O4/c1-5-8-20(22)19(17-10-15(6-2)16(7-3)11-17)13-24-12-18-9-14(4)21(23)25-18/h6-9,17-19,22H,2-3,5,10-13H2,1,4H3/b20-8-/t18?,19-/m1/s1. The number of carbonyl (C=O) groups is 1. The number of rotatable bonds is 9. The van der Waals surface area contributed by atoms with Gasteiger partial charge in [-0.25, -0.2) is 4.79 Å². The second-order valence-corrected chi connectivity index (χ2v) is 6.60. The van der Waals surface area contributed by atoms with Crippen LogP contribution in [0.3, 0.4) is 0 Å². The van der Waals surface area contributed by atoms with E-state index in [1.807, 2.05) is 25.2 Å². The third-order valence-electron chi connectivity index (χ3n) is 4.83. The molecule has 0 spiro atoms. The maximum absolute atomic E-state index is 11.4. The van der Waals surface area contributed by atoms with Crippen molar-refractivity contribution < 1.29 is 19.4 Å². The molecule has 0 aromatic rings. The van der Waals surface area contributed by atoms with Gasteiger partial charge in [0.1, 0.15) is 6.10 Å². The molecule has 2 aliphatic rings.